The summed E-state index contributed by atoms with van der Waals surface area (Å²) >= 11 is 0. The van der Waals surface area contributed by atoms with Gasteiger partial charge in [0, 0.05) is 0 Å². The standard InChI is InChI=1S/C16H13F2NO3/c1-10-6-7-11(8-13(10)18)16(21)22-9-15(20)19-14-5-3-2-4-12(14)17/h2-8H,9H2,1H3,(H,19,20). The topological polar surface area (TPSA) is 55.4 Å². The van der Waals surface area contributed by atoms with Gasteiger partial charge in [0.25, 0.3) is 5.91 Å². The molecule has 2 aromatic carbocycles. The predicted molar refractivity (Wildman–Crippen MR) is 76.4 cm³/mol. The molecule has 0 bridgehead atoms. The minimum atomic E-state index is -0.831. The van der Waals surface area contributed by atoms with Crippen LogP contribution in [-0.2, 0) is 9.53 Å². The van der Waals surface area contributed by atoms with Crippen LogP contribution in [0, 0.1) is 18.6 Å². The van der Waals surface area contributed by atoms with Crippen molar-refractivity contribution in [3.8, 4) is 0 Å². The van der Waals surface area contributed by atoms with Crippen LogP contribution in [0.3, 0.4) is 0 Å². The predicted octanol–water partition coefficient (Wildman–Crippen LogP) is 3.07. The number of aryl methyl sites for hydroxylation is 1. The Morgan fingerprint density at radius 2 is 1.82 bits per heavy atom. The summed E-state index contributed by atoms with van der Waals surface area (Å²) < 4.78 is 31.4. The van der Waals surface area contributed by atoms with Gasteiger partial charge in [0.15, 0.2) is 6.61 Å². The van der Waals surface area contributed by atoms with Crippen molar-refractivity contribution in [2.45, 2.75) is 6.92 Å². The van der Waals surface area contributed by atoms with Gasteiger partial charge in [-0.3, -0.25) is 4.79 Å². The fourth-order valence-electron chi connectivity index (χ4n) is 1.68. The molecule has 0 aromatic heterocycles. The molecule has 114 valence electrons. The number of hydrogen-bond donors (Lipinski definition) is 1. The molecule has 0 saturated heterocycles. The number of ether oxygens (including phenoxy) is 1. The van der Waals surface area contributed by atoms with Crippen molar-refractivity contribution in [1.82, 2.24) is 0 Å². The van der Waals surface area contributed by atoms with Crippen LogP contribution < -0.4 is 5.32 Å². The molecule has 0 unspecified atom stereocenters. The molecule has 0 aliphatic heterocycles. The fourth-order valence-corrected chi connectivity index (χ4v) is 1.68. The average Bonchev–Trinajstić information content (AvgIpc) is 2.50. The summed E-state index contributed by atoms with van der Waals surface area (Å²) in [6, 6.07) is 9.48. The summed E-state index contributed by atoms with van der Waals surface area (Å²) in [5, 5.41) is 2.27. The van der Waals surface area contributed by atoms with Gasteiger partial charge in [0.1, 0.15) is 11.6 Å². The molecule has 1 N–H and O–H groups in total. The van der Waals surface area contributed by atoms with Gasteiger partial charge in [-0.15, -0.1) is 0 Å². The number of benzene rings is 2. The molecular weight excluding hydrogens is 292 g/mol. The molecule has 0 spiro atoms. The van der Waals surface area contributed by atoms with Gasteiger partial charge in [-0.25, -0.2) is 13.6 Å². The zero-order valence-electron chi connectivity index (χ0n) is 11.7. The third-order valence-electron chi connectivity index (χ3n) is 2.89. The van der Waals surface area contributed by atoms with Crippen molar-refractivity contribution in [2.75, 3.05) is 11.9 Å². The van der Waals surface area contributed by atoms with Crippen LogP contribution in [0.15, 0.2) is 42.5 Å². The first-order valence-electron chi connectivity index (χ1n) is 6.45. The maximum absolute atomic E-state index is 13.3. The Morgan fingerprint density at radius 3 is 2.50 bits per heavy atom. The van der Waals surface area contributed by atoms with E-state index >= 15 is 0 Å². The van der Waals surface area contributed by atoms with Crippen LogP contribution in [0.1, 0.15) is 15.9 Å². The molecule has 0 aliphatic carbocycles. The number of hydrogen-bond acceptors (Lipinski definition) is 3. The maximum atomic E-state index is 13.3. The number of carbonyl (C=O) groups excluding carboxylic acids is 2. The summed E-state index contributed by atoms with van der Waals surface area (Å²) in [4.78, 5) is 23.3. The number of anilines is 1. The molecular formula is C16H13F2NO3. The number of carbonyl (C=O) groups is 2. The van der Waals surface area contributed by atoms with E-state index in [9.17, 15) is 18.4 Å². The second-order valence-electron chi connectivity index (χ2n) is 4.57. The Balaban J connectivity index is 1.92. The molecule has 0 heterocycles. The number of esters is 1. The monoisotopic (exact) mass is 305 g/mol. The van der Waals surface area contributed by atoms with Crippen molar-refractivity contribution in [3.63, 3.8) is 0 Å². The van der Waals surface area contributed by atoms with Gasteiger partial charge >= 0.3 is 5.97 Å². The Labute approximate surface area is 125 Å². The molecule has 0 saturated carbocycles. The SMILES string of the molecule is Cc1ccc(C(=O)OCC(=O)Nc2ccccc2F)cc1F. The molecule has 0 fully saturated rings. The van der Waals surface area contributed by atoms with Crippen LogP contribution in [0.25, 0.3) is 0 Å². The number of halogens is 2. The molecule has 4 nitrogen and oxygen atoms in total. The van der Waals surface area contributed by atoms with E-state index in [1.54, 1.807) is 13.0 Å². The first kappa shape index (κ1) is 15.6. The Bertz CT molecular complexity index is 716. The quantitative estimate of drug-likeness (QED) is 0.883. The van der Waals surface area contributed by atoms with Crippen LogP contribution in [0.2, 0.25) is 0 Å². The van der Waals surface area contributed by atoms with Gasteiger partial charge in [-0.05, 0) is 36.8 Å². The smallest absolute Gasteiger partial charge is 0.338 e. The zero-order chi connectivity index (χ0) is 16.1. The minimum absolute atomic E-state index is 0.00166. The van der Waals surface area contributed by atoms with E-state index in [2.05, 4.69) is 5.32 Å². The lowest BCUT2D eigenvalue weighted by atomic mass is 10.1. The highest BCUT2D eigenvalue weighted by Crippen LogP contribution is 2.13. The zero-order valence-corrected chi connectivity index (χ0v) is 11.7. The van der Waals surface area contributed by atoms with E-state index < -0.39 is 30.1 Å². The largest absolute Gasteiger partial charge is 0.452 e. The molecule has 22 heavy (non-hydrogen) atoms. The van der Waals surface area contributed by atoms with Crippen molar-refractivity contribution in [1.29, 1.82) is 0 Å². The lowest BCUT2D eigenvalue weighted by Crippen LogP contribution is -2.21. The summed E-state index contributed by atoms with van der Waals surface area (Å²) in [5.74, 6) is -2.65. The first-order chi connectivity index (χ1) is 10.5. The molecule has 0 aliphatic rings. The highest BCUT2D eigenvalue weighted by atomic mass is 19.1. The Kier molecular flexibility index (Phi) is 4.83. The highest BCUT2D eigenvalue weighted by Gasteiger charge is 2.13. The number of rotatable bonds is 4. The summed E-state index contributed by atoms with van der Waals surface area (Å²) in [7, 11) is 0. The van der Waals surface area contributed by atoms with Gasteiger partial charge in [0.2, 0.25) is 0 Å². The van der Waals surface area contributed by atoms with Gasteiger partial charge < -0.3 is 10.1 Å². The van der Waals surface area contributed by atoms with Crippen LogP contribution in [0.4, 0.5) is 14.5 Å². The number of amides is 1. The van der Waals surface area contributed by atoms with Gasteiger partial charge in [0.05, 0.1) is 11.3 Å². The lowest BCUT2D eigenvalue weighted by molar-refractivity contribution is -0.119. The maximum Gasteiger partial charge on any atom is 0.338 e. The van der Waals surface area contributed by atoms with E-state index in [4.69, 9.17) is 4.74 Å². The molecule has 6 heteroatoms. The van der Waals surface area contributed by atoms with E-state index in [1.165, 1.54) is 30.3 Å². The normalized spacial score (nSPS) is 10.1. The molecule has 2 aromatic rings. The Morgan fingerprint density at radius 1 is 1.09 bits per heavy atom. The average molecular weight is 305 g/mol. The molecule has 2 rings (SSSR count). The van der Waals surface area contributed by atoms with Crippen LogP contribution in [-0.4, -0.2) is 18.5 Å². The fraction of sp³-hybridized carbons (Fsp3) is 0.125. The third kappa shape index (κ3) is 3.88. The van der Waals surface area contributed by atoms with Crippen LogP contribution in [0.5, 0.6) is 0 Å². The van der Waals surface area contributed by atoms with Crippen molar-refractivity contribution in [3.05, 3.63) is 65.2 Å². The second kappa shape index (κ2) is 6.80. The highest BCUT2D eigenvalue weighted by molar-refractivity contribution is 5.95. The van der Waals surface area contributed by atoms with E-state index in [1.807, 2.05) is 0 Å². The van der Waals surface area contributed by atoms with Gasteiger partial charge in [-0.2, -0.15) is 0 Å². The molecule has 0 radical (unpaired) electrons. The molecule has 0 atom stereocenters. The van der Waals surface area contributed by atoms with Gasteiger partial charge in [-0.1, -0.05) is 18.2 Å². The molecule has 1 amide bonds. The summed E-state index contributed by atoms with van der Waals surface area (Å²) in [6.07, 6.45) is 0. The van der Waals surface area contributed by atoms with E-state index in [-0.39, 0.29) is 11.3 Å². The van der Waals surface area contributed by atoms with E-state index in [0.29, 0.717) is 5.56 Å². The summed E-state index contributed by atoms with van der Waals surface area (Å²) in [5.41, 5.74) is 0.389. The summed E-state index contributed by atoms with van der Waals surface area (Å²) in [6.45, 7) is 0.967. The van der Waals surface area contributed by atoms with Crippen molar-refractivity contribution >= 4 is 17.6 Å². The third-order valence-corrected chi connectivity index (χ3v) is 2.89. The first-order valence-corrected chi connectivity index (χ1v) is 6.45. The van der Waals surface area contributed by atoms with Crippen LogP contribution >= 0.6 is 0 Å². The van der Waals surface area contributed by atoms with Crippen molar-refractivity contribution in [2.24, 2.45) is 0 Å². The lowest BCUT2D eigenvalue weighted by Gasteiger charge is -2.07. The second-order valence-corrected chi connectivity index (χ2v) is 4.57. The van der Waals surface area contributed by atoms with Crippen molar-refractivity contribution < 1.29 is 23.1 Å². The Hall–Kier alpha value is -2.76. The number of nitrogens with one attached hydrogen (secondary N) is 1. The van der Waals surface area contributed by atoms with E-state index in [0.717, 1.165) is 6.07 Å². The minimum Gasteiger partial charge on any atom is -0.452 e. The number of para-hydroxylation sites is 1.